The van der Waals surface area contributed by atoms with Crippen LogP contribution in [0.25, 0.3) is 0 Å². The van der Waals surface area contributed by atoms with E-state index in [-0.39, 0.29) is 30.4 Å². The molecule has 6 rings (SSSR count). The molecule has 0 radical (unpaired) electrons. The summed E-state index contributed by atoms with van der Waals surface area (Å²) in [5, 5.41) is 0.902. The second-order valence-electron chi connectivity index (χ2n) is 13.9. The first-order valence-corrected chi connectivity index (χ1v) is 18.5. The first-order chi connectivity index (χ1) is 25.3. The van der Waals surface area contributed by atoms with Crippen molar-refractivity contribution < 1.29 is 29.9 Å². The molecule has 10 nitrogen and oxygen atoms in total. The topological polar surface area (TPSA) is 84.0 Å². The lowest BCUT2D eigenvalue weighted by Crippen LogP contribution is -2.50. The fourth-order valence-electron chi connectivity index (χ4n) is 6.75. The molecule has 2 fully saturated rings. The number of nitrogens with zero attached hydrogens (tertiary/aromatic N) is 4. The molecule has 52 heavy (non-hydrogen) atoms. The third kappa shape index (κ3) is 8.97. The molecule has 278 valence electrons. The summed E-state index contributed by atoms with van der Waals surface area (Å²) in [7, 11) is 0. The maximum Gasteiger partial charge on any atom is 0.313 e. The number of amides is 1. The standard InChI is InChI=1S/C40H48Cl2N4O6/c1-27(2)39(48)51-38-28(3)20-31(21-29(38)4)23-43-13-14-44(26-43)25-40(36-11-6-32(41)22-37(36)42)50-19-12-35(52-40)24-49-34-9-7-33(8-10-34)46-17-15-45(16-18-46)30(5)47/h6-11,13-14,20-22,27,35H,12,15-19,23-26H2,1-5H3/t35-,40-/m0/s1/i26D/t26?,35-,40-. The monoisotopic (exact) mass is 751 g/mol. The Hall–Kier alpha value is -3.96. The molecule has 3 aliphatic rings. The summed E-state index contributed by atoms with van der Waals surface area (Å²) in [5.74, 6) is -0.374. The molecular weight excluding hydrogens is 703 g/mol. The molecule has 1 unspecified atom stereocenters. The summed E-state index contributed by atoms with van der Waals surface area (Å²) >= 11 is 13.1. The van der Waals surface area contributed by atoms with E-state index in [0.29, 0.717) is 60.6 Å². The molecule has 0 spiro atoms. The van der Waals surface area contributed by atoms with Crippen LogP contribution in [0.5, 0.6) is 11.5 Å². The van der Waals surface area contributed by atoms with Gasteiger partial charge in [-0.1, -0.05) is 55.2 Å². The molecule has 0 aromatic heterocycles. The molecular formula is C40H48Cl2N4O6. The van der Waals surface area contributed by atoms with E-state index >= 15 is 0 Å². The van der Waals surface area contributed by atoms with Gasteiger partial charge in [-0.05, 0) is 66.9 Å². The van der Waals surface area contributed by atoms with E-state index in [1.807, 2.05) is 97.3 Å². The van der Waals surface area contributed by atoms with Crippen LogP contribution in [0.1, 0.15) is 50.8 Å². The fraction of sp³-hybridized carbons (Fsp3) is 0.450. The molecule has 3 heterocycles. The summed E-state index contributed by atoms with van der Waals surface area (Å²) < 4.78 is 34.4. The lowest BCUT2D eigenvalue weighted by Gasteiger charge is -2.43. The van der Waals surface area contributed by atoms with Gasteiger partial charge in [-0.15, -0.1) is 0 Å². The summed E-state index contributed by atoms with van der Waals surface area (Å²) in [6, 6.07) is 17.2. The molecule has 2 saturated heterocycles. The van der Waals surface area contributed by atoms with E-state index in [0.717, 1.165) is 41.2 Å². The minimum Gasteiger partial charge on any atom is -0.491 e. The number of hydrogen-bond acceptors (Lipinski definition) is 9. The van der Waals surface area contributed by atoms with Crippen molar-refractivity contribution in [3.8, 4) is 11.5 Å². The predicted molar refractivity (Wildman–Crippen MR) is 203 cm³/mol. The Bertz CT molecular complexity index is 1800. The molecule has 3 aromatic carbocycles. The van der Waals surface area contributed by atoms with Gasteiger partial charge in [0, 0.05) is 74.7 Å². The Balaban J connectivity index is 1.12. The third-order valence-corrected chi connectivity index (χ3v) is 10.1. The highest BCUT2D eigenvalue weighted by Gasteiger charge is 2.44. The minimum atomic E-state index is -1.30. The van der Waals surface area contributed by atoms with E-state index in [1.165, 1.54) is 0 Å². The quantitative estimate of drug-likeness (QED) is 0.150. The molecule has 1 amide bonds. The predicted octanol–water partition coefficient (Wildman–Crippen LogP) is 7.12. The molecule has 3 aromatic rings. The zero-order valence-corrected chi connectivity index (χ0v) is 32.0. The Morgan fingerprint density at radius 1 is 0.981 bits per heavy atom. The average molecular weight is 753 g/mol. The van der Waals surface area contributed by atoms with Crippen LogP contribution in [0.15, 0.2) is 67.0 Å². The highest BCUT2D eigenvalue weighted by atomic mass is 35.5. The van der Waals surface area contributed by atoms with Crippen molar-refractivity contribution in [2.24, 2.45) is 5.92 Å². The van der Waals surface area contributed by atoms with Crippen molar-refractivity contribution in [1.29, 1.82) is 0 Å². The molecule has 3 atom stereocenters. The van der Waals surface area contributed by atoms with Crippen LogP contribution in [-0.2, 0) is 31.4 Å². The van der Waals surface area contributed by atoms with Gasteiger partial charge < -0.3 is 38.5 Å². The Morgan fingerprint density at radius 3 is 2.33 bits per heavy atom. The van der Waals surface area contributed by atoms with Gasteiger partial charge in [0.25, 0.3) is 0 Å². The van der Waals surface area contributed by atoms with Crippen LogP contribution in [-0.4, -0.2) is 85.3 Å². The lowest BCUT2D eigenvalue weighted by molar-refractivity contribution is -0.310. The molecule has 12 heteroatoms. The van der Waals surface area contributed by atoms with Gasteiger partial charge in [-0.2, -0.15) is 0 Å². The first-order valence-electron chi connectivity index (χ1n) is 18.3. The second-order valence-corrected chi connectivity index (χ2v) is 14.8. The number of anilines is 1. The molecule has 0 N–H and O–H groups in total. The smallest absolute Gasteiger partial charge is 0.313 e. The number of aryl methyl sites for hydroxylation is 2. The summed E-state index contributed by atoms with van der Waals surface area (Å²) in [6.45, 7) is 12.7. The van der Waals surface area contributed by atoms with Crippen LogP contribution in [0, 0.1) is 19.8 Å². The number of ether oxygens (including phenoxy) is 4. The normalized spacial score (nSPS) is 22.2. The SMILES string of the molecule is [2H]C1N(Cc2cc(C)c(OC(=O)C(C)C)c(C)c2)C=CN1C[C@]1(c2ccc(Cl)cc2Cl)OCC[C@@H](COc2ccc(N3CCN(C(C)=O)CC3)cc2)O1. The van der Waals surface area contributed by atoms with E-state index in [1.54, 1.807) is 19.1 Å². The molecule has 3 aliphatic heterocycles. The van der Waals surface area contributed by atoms with Gasteiger partial charge >= 0.3 is 5.97 Å². The van der Waals surface area contributed by atoms with E-state index in [2.05, 4.69) is 4.90 Å². The first kappa shape index (κ1) is 36.4. The highest BCUT2D eigenvalue weighted by molar-refractivity contribution is 6.35. The number of carbonyl (C=O) groups excluding carboxylic acids is 2. The summed E-state index contributed by atoms with van der Waals surface area (Å²) in [4.78, 5) is 31.9. The van der Waals surface area contributed by atoms with Gasteiger partial charge in [-0.25, -0.2) is 0 Å². The molecule has 0 bridgehead atoms. The maximum atomic E-state index is 12.3. The average Bonchev–Trinajstić information content (AvgIpc) is 3.46. The number of hydrogen-bond donors (Lipinski definition) is 0. The zero-order chi connectivity index (χ0) is 37.9. The van der Waals surface area contributed by atoms with Crippen LogP contribution in [0.3, 0.4) is 0 Å². The number of benzene rings is 3. The van der Waals surface area contributed by atoms with Gasteiger partial charge in [0.15, 0.2) is 0 Å². The van der Waals surface area contributed by atoms with Gasteiger partial charge in [0.05, 0.1) is 38.2 Å². The van der Waals surface area contributed by atoms with Crippen molar-refractivity contribution >= 4 is 40.8 Å². The fourth-order valence-corrected chi connectivity index (χ4v) is 7.30. The number of halogens is 2. The highest BCUT2D eigenvalue weighted by Crippen LogP contribution is 2.40. The van der Waals surface area contributed by atoms with Gasteiger partial charge in [0.1, 0.15) is 18.1 Å². The second kappa shape index (κ2) is 16.4. The molecule has 0 aliphatic carbocycles. The van der Waals surface area contributed by atoms with Crippen LogP contribution < -0.4 is 14.4 Å². The van der Waals surface area contributed by atoms with Crippen molar-refractivity contribution in [2.45, 2.75) is 59.5 Å². The van der Waals surface area contributed by atoms with Crippen LogP contribution in [0.2, 0.25) is 10.0 Å². The summed E-state index contributed by atoms with van der Waals surface area (Å²) in [6.07, 6.45) is 4.05. The van der Waals surface area contributed by atoms with E-state index in [9.17, 15) is 11.0 Å². The maximum absolute atomic E-state index is 12.3. The van der Waals surface area contributed by atoms with Crippen molar-refractivity contribution in [3.63, 3.8) is 0 Å². The number of piperazine rings is 1. The number of rotatable bonds is 11. The lowest BCUT2D eigenvalue weighted by atomic mass is 10.0. The van der Waals surface area contributed by atoms with Crippen molar-refractivity contribution in [1.82, 2.24) is 14.7 Å². The number of carbonyl (C=O) groups is 2. The van der Waals surface area contributed by atoms with Crippen molar-refractivity contribution in [3.05, 3.63) is 99.3 Å². The molecule has 0 saturated carbocycles. The van der Waals surface area contributed by atoms with E-state index in [4.69, 9.17) is 42.1 Å². The third-order valence-electron chi connectivity index (χ3n) is 9.53. The van der Waals surface area contributed by atoms with Crippen LogP contribution in [0.4, 0.5) is 5.69 Å². The zero-order valence-electron chi connectivity index (χ0n) is 31.4. The Labute approximate surface area is 318 Å². The Morgan fingerprint density at radius 2 is 1.67 bits per heavy atom. The Kier molecular flexibility index (Phi) is 11.5. The largest absolute Gasteiger partial charge is 0.491 e. The van der Waals surface area contributed by atoms with Crippen molar-refractivity contribution in [2.75, 3.05) is 57.5 Å². The van der Waals surface area contributed by atoms with Crippen LogP contribution >= 0.6 is 23.2 Å². The summed E-state index contributed by atoms with van der Waals surface area (Å²) in [5.41, 5.74) is 4.44. The van der Waals surface area contributed by atoms with Gasteiger partial charge in [-0.3, -0.25) is 9.59 Å². The number of esters is 1. The van der Waals surface area contributed by atoms with E-state index < -0.39 is 12.4 Å². The minimum absolute atomic E-state index is 0.112. The van der Waals surface area contributed by atoms with Gasteiger partial charge in [0.2, 0.25) is 11.7 Å².